The van der Waals surface area contributed by atoms with E-state index in [4.69, 9.17) is 11.6 Å². The first-order valence-electron chi connectivity index (χ1n) is 9.13. The summed E-state index contributed by atoms with van der Waals surface area (Å²) < 4.78 is 0. The van der Waals surface area contributed by atoms with Crippen molar-refractivity contribution in [2.45, 2.75) is 44.7 Å². The molecule has 0 spiro atoms. The van der Waals surface area contributed by atoms with E-state index in [2.05, 4.69) is 25.6 Å². The Kier molecular flexibility index (Phi) is 6.11. The van der Waals surface area contributed by atoms with E-state index in [0.29, 0.717) is 17.6 Å². The summed E-state index contributed by atoms with van der Waals surface area (Å²) in [5, 5.41) is 6.74. The minimum atomic E-state index is -0.165. The predicted molar refractivity (Wildman–Crippen MR) is 107 cm³/mol. The number of aryl methyl sites for hydroxylation is 1. The highest BCUT2D eigenvalue weighted by molar-refractivity contribution is 6.32. The normalized spacial score (nSPS) is 19.4. The first-order valence-corrected chi connectivity index (χ1v) is 9.51. The highest BCUT2D eigenvalue weighted by Gasteiger charge is 2.24. The van der Waals surface area contributed by atoms with Gasteiger partial charge in [-0.25, -0.2) is 9.97 Å². The number of hydrogen-bond donors (Lipinski definition) is 2. The van der Waals surface area contributed by atoms with Crippen LogP contribution in [-0.4, -0.2) is 47.0 Å². The minimum Gasteiger partial charge on any atom is -0.363 e. The van der Waals surface area contributed by atoms with Gasteiger partial charge in [-0.15, -0.1) is 0 Å². The first kappa shape index (κ1) is 19.4. The van der Waals surface area contributed by atoms with E-state index in [1.54, 1.807) is 18.3 Å². The van der Waals surface area contributed by atoms with Crippen LogP contribution in [-0.2, 0) is 0 Å². The molecule has 0 aromatic carbocycles. The summed E-state index contributed by atoms with van der Waals surface area (Å²) in [6.45, 7) is 1.97. The molecule has 0 atom stereocenters. The van der Waals surface area contributed by atoms with Crippen LogP contribution < -0.4 is 15.5 Å². The largest absolute Gasteiger partial charge is 0.363 e. The Morgan fingerprint density at radius 2 is 1.89 bits per heavy atom. The van der Waals surface area contributed by atoms with Crippen molar-refractivity contribution >= 4 is 29.3 Å². The number of nitrogens with zero attached hydrogens (tertiary/aromatic N) is 4. The number of amides is 1. The zero-order chi connectivity index (χ0) is 19.4. The van der Waals surface area contributed by atoms with Crippen LogP contribution >= 0.6 is 11.6 Å². The van der Waals surface area contributed by atoms with Crippen molar-refractivity contribution in [3.63, 3.8) is 0 Å². The van der Waals surface area contributed by atoms with Gasteiger partial charge >= 0.3 is 0 Å². The number of halogens is 1. The molecule has 0 saturated heterocycles. The summed E-state index contributed by atoms with van der Waals surface area (Å²) >= 11 is 6.00. The van der Waals surface area contributed by atoms with Crippen LogP contribution in [0.5, 0.6) is 0 Å². The van der Waals surface area contributed by atoms with Crippen molar-refractivity contribution in [1.29, 1.82) is 0 Å². The molecule has 3 rings (SSSR count). The molecule has 0 aliphatic heterocycles. The molecule has 2 heterocycles. The van der Waals surface area contributed by atoms with Crippen LogP contribution in [0.4, 0.5) is 11.8 Å². The molecule has 2 N–H and O–H groups in total. The van der Waals surface area contributed by atoms with Crippen LogP contribution in [0.15, 0.2) is 24.4 Å². The van der Waals surface area contributed by atoms with Gasteiger partial charge < -0.3 is 15.5 Å². The summed E-state index contributed by atoms with van der Waals surface area (Å²) in [7, 11) is 3.93. The van der Waals surface area contributed by atoms with Crippen molar-refractivity contribution in [1.82, 2.24) is 20.3 Å². The molecule has 27 heavy (non-hydrogen) atoms. The van der Waals surface area contributed by atoms with E-state index in [1.807, 2.05) is 32.0 Å². The maximum Gasteiger partial charge on any atom is 0.254 e. The molecule has 0 bridgehead atoms. The lowest BCUT2D eigenvalue weighted by molar-refractivity contribution is 0.0926. The van der Waals surface area contributed by atoms with Crippen molar-refractivity contribution in [3.8, 4) is 0 Å². The lowest BCUT2D eigenvalue weighted by Crippen LogP contribution is -2.40. The molecule has 1 amide bonds. The quantitative estimate of drug-likeness (QED) is 0.766. The van der Waals surface area contributed by atoms with E-state index in [-0.39, 0.29) is 17.1 Å². The highest BCUT2D eigenvalue weighted by atomic mass is 35.5. The number of carbonyl (C=O) groups is 1. The Morgan fingerprint density at radius 3 is 2.56 bits per heavy atom. The minimum absolute atomic E-state index is 0.141. The summed E-state index contributed by atoms with van der Waals surface area (Å²) in [5.74, 6) is 1.38. The fraction of sp³-hybridized carbons (Fsp3) is 0.474. The van der Waals surface area contributed by atoms with Crippen molar-refractivity contribution in [3.05, 3.63) is 40.8 Å². The molecule has 0 radical (unpaired) electrons. The van der Waals surface area contributed by atoms with Crippen LogP contribution in [0.1, 0.15) is 41.7 Å². The Balaban J connectivity index is 1.53. The van der Waals surface area contributed by atoms with Gasteiger partial charge in [0.1, 0.15) is 11.0 Å². The van der Waals surface area contributed by atoms with Gasteiger partial charge in [0.25, 0.3) is 5.91 Å². The Morgan fingerprint density at radius 1 is 1.19 bits per heavy atom. The van der Waals surface area contributed by atoms with E-state index in [0.717, 1.165) is 37.2 Å². The van der Waals surface area contributed by atoms with Crippen molar-refractivity contribution in [2.24, 2.45) is 0 Å². The summed E-state index contributed by atoms with van der Waals surface area (Å²) in [4.78, 5) is 27.3. The molecule has 1 fully saturated rings. The van der Waals surface area contributed by atoms with E-state index in [9.17, 15) is 4.79 Å². The Labute approximate surface area is 164 Å². The maximum absolute atomic E-state index is 12.4. The number of nitrogens with one attached hydrogen (secondary N) is 2. The lowest BCUT2D eigenvalue weighted by Gasteiger charge is -2.30. The molecule has 2 aromatic rings. The molecule has 2 aromatic heterocycles. The zero-order valence-electron chi connectivity index (χ0n) is 15.9. The second kappa shape index (κ2) is 8.52. The summed E-state index contributed by atoms with van der Waals surface area (Å²) in [5.41, 5.74) is 1.36. The molecule has 0 unspecified atom stereocenters. The van der Waals surface area contributed by atoms with Gasteiger partial charge in [0.05, 0.1) is 5.56 Å². The number of rotatable bonds is 5. The topological polar surface area (TPSA) is 83.0 Å². The smallest absolute Gasteiger partial charge is 0.254 e. The third-order valence-corrected chi connectivity index (χ3v) is 5.00. The Hall–Kier alpha value is -2.41. The standard InChI is InChI=1S/C19H25ClN6O/c1-12-11-16(26(2)3)25-19(22-12)24-14-8-6-13(7-9-14)23-18(27)15-5-4-10-21-17(15)20/h4-5,10-11,13-14H,6-9H2,1-3H3,(H,23,27)(H,22,24,25)/t13-,14+. The van der Waals surface area contributed by atoms with Crippen LogP contribution in [0.2, 0.25) is 5.15 Å². The van der Waals surface area contributed by atoms with E-state index in [1.165, 1.54) is 0 Å². The summed E-state index contributed by atoms with van der Waals surface area (Å²) in [6, 6.07) is 5.81. The number of anilines is 2. The zero-order valence-corrected chi connectivity index (χ0v) is 16.6. The fourth-order valence-electron chi connectivity index (χ4n) is 3.23. The number of pyridine rings is 1. The first-order chi connectivity index (χ1) is 12.9. The van der Waals surface area contributed by atoms with Gasteiger partial charge in [-0.2, -0.15) is 4.98 Å². The SMILES string of the molecule is Cc1cc(N(C)C)nc(N[C@H]2CC[C@@H](NC(=O)c3cccnc3Cl)CC2)n1. The van der Waals surface area contributed by atoms with Gasteiger partial charge in [0.15, 0.2) is 0 Å². The fourth-order valence-corrected chi connectivity index (χ4v) is 3.43. The Bertz CT molecular complexity index is 805. The van der Waals surface area contributed by atoms with Crippen LogP contribution in [0.3, 0.4) is 0 Å². The van der Waals surface area contributed by atoms with Crippen molar-refractivity contribution < 1.29 is 4.79 Å². The number of carbonyl (C=O) groups excluding carboxylic acids is 1. The summed E-state index contributed by atoms with van der Waals surface area (Å²) in [6.07, 6.45) is 5.26. The van der Waals surface area contributed by atoms with Crippen LogP contribution in [0, 0.1) is 6.92 Å². The van der Waals surface area contributed by atoms with Gasteiger partial charge in [0, 0.05) is 44.1 Å². The van der Waals surface area contributed by atoms with Gasteiger partial charge in [0.2, 0.25) is 5.95 Å². The number of hydrogen-bond acceptors (Lipinski definition) is 6. The molecule has 1 aliphatic rings. The predicted octanol–water partition coefficient (Wildman–Crippen LogP) is 3.05. The van der Waals surface area contributed by atoms with E-state index < -0.39 is 0 Å². The molecule has 8 heteroatoms. The third kappa shape index (κ3) is 5.07. The maximum atomic E-state index is 12.4. The highest BCUT2D eigenvalue weighted by Crippen LogP contribution is 2.23. The lowest BCUT2D eigenvalue weighted by atomic mass is 9.91. The second-order valence-corrected chi connectivity index (χ2v) is 7.45. The molecule has 1 saturated carbocycles. The molecular formula is C19H25ClN6O. The monoisotopic (exact) mass is 388 g/mol. The molecule has 7 nitrogen and oxygen atoms in total. The third-order valence-electron chi connectivity index (χ3n) is 4.70. The molecule has 1 aliphatic carbocycles. The van der Waals surface area contributed by atoms with Gasteiger partial charge in [-0.3, -0.25) is 4.79 Å². The average Bonchev–Trinajstić information content (AvgIpc) is 2.63. The van der Waals surface area contributed by atoms with Crippen LogP contribution in [0.25, 0.3) is 0 Å². The molecular weight excluding hydrogens is 364 g/mol. The second-order valence-electron chi connectivity index (χ2n) is 7.09. The van der Waals surface area contributed by atoms with Gasteiger partial charge in [-0.05, 0) is 44.7 Å². The van der Waals surface area contributed by atoms with E-state index >= 15 is 0 Å². The van der Waals surface area contributed by atoms with Crippen molar-refractivity contribution in [2.75, 3.05) is 24.3 Å². The van der Waals surface area contributed by atoms with Gasteiger partial charge in [-0.1, -0.05) is 11.6 Å². The molecule has 144 valence electrons. The number of aromatic nitrogens is 3. The average molecular weight is 389 g/mol.